The highest BCUT2D eigenvalue weighted by Crippen LogP contribution is 2.28. The van der Waals surface area contributed by atoms with Crippen LogP contribution in [0.4, 0.5) is 4.79 Å². The third-order valence-corrected chi connectivity index (χ3v) is 5.26. The molecule has 1 aromatic rings. The molecule has 0 bridgehead atoms. The summed E-state index contributed by atoms with van der Waals surface area (Å²) >= 11 is 1.97. The lowest BCUT2D eigenvalue weighted by Crippen LogP contribution is -2.48. The zero-order chi connectivity index (χ0) is 15.1. The van der Waals surface area contributed by atoms with E-state index in [0.29, 0.717) is 11.3 Å². The second-order valence-corrected chi connectivity index (χ2v) is 7.03. The second-order valence-electron chi connectivity index (χ2n) is 5.51. The molecule has 5 heteroatoms. The molecule has 1 heterocycles. The molecule has 2 amide bonds. The summed E-state index contributed by atoms with van der Waals surface area (Å²) in [6, 6.07) is 4.07. The summed E-state index contributed by atoms with van der Waals surface area (Å²) in [7, 11) is 0. The van der Waals surface area contributed by atoms with Crippen LogP contribution in [0.2, 0.25) is 0 Å². The Hall–Kier alpha value is -1.23. The normalized spacial score (nSPS) is 23.3. The Morgan fingerprint density at radius 1 is 1.48 bits per heavy atom. The highest BCUT2D eigenvalue weighted by Gasteiger charge is 2.26. The lowest BCUT2D eigenvalue weighted by atomic mass is 9.95. The van der Waals surface area contributed by atoms with Crippen molar-refractivity contribution in [3.05, 3.63) is 30.1 Å². The van der Waals surface area contributed by atoms with Crippen molar-refractivity contribution in [3.8, 4) is 0 Å². The van der Waals surface area contributed by atoms with Crippen LogP contribution >= 0.6 is 11.8 Å². The topological polar surface area (TPSA) is 54.0 Å². The zero-order valence-corrected chi connectivity index (χ0v) is 13.7. The lowest BCUT2D eigenvalue weighted by Gasteiger charge is -2.32. The predicted molar refractivity (Wildman–Crippen MR) is 88.5 cm³/mol. The number of aromatic nitrogens is 1. The summed E-state index contributed by atoms with van der Waals surface area (Å²) in [4.78, 5) is 16.3. The van der Waals surface area contributed by atoms with E-state index in [2.05, 4.69) is 22.5 Å². The van der Waals surface area contributed by atoms with Crippen molar-refractivity contribution < 1.29 is 4.79 Å². The Labute approximate surface area is 131 Å². The number of carbonyl (C=O) groups excluding carboxylic acids is 1. The molecule has 0 unspecified atom stereocenters. The molecule has 2 rings (SSSR count). The molecule has 4 nitrogen and oxygen atoms in total. The van der Waals surface area contributed by atoms with E-state index in [4.69, 9.17) is 0 Å². The van der Waals surface area contributed by atoms with Gasteiger partial charge in [-0.05, 0) is 37.1 Å². The van der Waals surface area contributed by atoms with E-state index in [0.717, 1.165) is 17.7 Å². The number of thioether (sulfide) groups is 1. The van der Waals surface area contributed by atoms with E-state index in [1.165, 1.54) is 19.3 Å². The molecule has 1 aliphatic carbocycles. The van der Waals surface area contributed by atoms with Gasteiger partial charge in [0.15, 0.2) is 0 Å². The van der Waals surface area contributed by atoms with Crippen LogP contribution in [0.25, 0.3) is 0 Å². The fraction of sp³-hybridized carbons (Fsp3) is 0.625. The van der Waals surface area contributed by atoms with Crippen LogP contribution < -0.4 is 10.6 Å². The van der Waals surface area contributed by atoms with E-state index >= 15 is 0 Å². The molecular weight excluding hydrogens is 282 g/mol. The van der Waals surface area contributed by atoms with E-state index in [1.807, 2.05) is 30.8 Å². The van der Waals surface area contributed by atoms with Crippen molar-refractivity contribution in [3.63, 3.8) is 0 Å². The van der Waals surface area contributed by atoms with E-state index in [-0.39, 0.29) is 12.1 Å². The third-order valence-electron chi connectivity index (χ3n) is 3.93. The maximum absolute atomic E-state index is 12.2. The Kier molecular flexibility index (Phi) is 6.36. The van der Waals surface area contributed by atoms with Crippen LogP contribution in [-0.4, -0.2) is 28.1 Å². The maximum Gasteiger partial charge on any atom is 0.315 e. The molecule has 0 aliphatic heterocycles. The number of nitrogens with one attached hydrogen (secondary N) is 2. The Balaban J connectivity index is 1.85. The van der Waals surface area contributed by atoms with Gasteiger partial charge in [-0.25, -0.2) is 4.79 Å². The Bertz CT molecular complexity index is 438. The molecule has 116 valence electrons. The minimum Gasteiger partial charge on any atom is -0.334 e. The van der Waals surface area contributed by atoms with Crippen LogP contribution in [-0.2, 0) is 0 Å². The monoisotopic (exact) mass is 307 g/mol. The Morgan fingerprint density at radius 2 is 2.29 bits per heavy atom. The highest BCUT2D eigenvalue weighted by atomic mass is 32.2. The predicted octanol–water partition coefficient (Wildman–Crippen LogP) is 3.51. The number of nitrogens with zero attached hydrogens (tertiary/aromatic N) is 1. The molecule has 0 aromatic carbocycles. The van der Waals surface area contributed by atoms with Crippen LogP contribution in [0.3, 0.4) is 0 Å². The quantitative estimate of drug-likeness (QED) is 0.875. The summed E-state index contributed by atoms with van der Waals surface area (Å²) in [5.74, 6) is 1.11. The minimum absolute atomic E-state index is 0.0282. The molecule has 1 aromatic heterocycles. The fourth-order valence-corrected chi connectivity index (χ4v) is 4.00. The molecule has 2 N–H and O–H groups in total. The number of hydrogen-bond acceptors (Lipinski definition) is 3. The summed E-state index contributed by atoms with van der Waals surface area (Å²) in [5.41, 5.74) is 1.02. The smallest absolute Gasteiger partial charge is 0.315 e. The van der Waals surface area contributed by atoms with Gasteiger partial charge in [0.1, 0.15) is 0 Å². The molecule has 21 heavy (non-hydrogen) atoms. The first kappa shape index (κ1) is 16.1. The Morgan fingerprint density at radius 3 is 3.00 bits per heavy atom. The summed E-state index contributed by atoms with van der Waals surface area (Å²) < 4.78 is 0. The number of carbonyl (C=O) groups is 1. The first-order valence-electron chi connectivity index (χ1n) is 7.79. The number of pyridine rings is 1. The van der Waals surface area contributed by atoms with Gasteiger partial charge in [0.2, 0.25) is 0 Å². The third kappa shape index (κ3) is 4.92. The van der Waals surface area contributed by atoms with E-state index in [1.54, 1.807) is 12.4 Å². The summed E-state index contributed by atoms with van der Waals surface area (Å²) in [6.45, 7) is 4.16. The summed E-state index contributed by atoms with van der Waals surface area (Å²) in [6.07, 6.45) is 8.33. The van der Waals surface area contributed by atoms with Gasteiger partial charge in [-0.15, -0.1) is 0 Å². The standard InChI is InChI=1S/C16H25N3OS/c1-3-21-15-9-5-4-8-14(15)19-16(20)18-12(2)13-7-6-10-17-11-13/h6-7,10-12,14-15H,3-5,8-9H2,1-2H3,(H2,18,19,20)/t12-,14+,15+/m0/s1. The van der Waals surface area contributed by atoms with Crippen molar-refractivity contribution in [2.75, 3.05) is 5.75 Å². The second kappa shape index (κ2) is 8.27. The van der Waals surface area contributed by atoms with Crippen molar-refractivity contribution in [1.82, 2.24) is 15.6 Å². The molecule has 1 saturated carbocycles. The van der Waals surface area contributed by atoms with Crippen LogP contribution in [0.15, 0.2) is 24.5 Å². The van der Waals surface area contributed by atoms with Gasteiger partial charge >= 0.3 is 6.03 Å². The number of hydrogen-bond donors (Lipinski definition) is 2. The molecule has 1 fully saturated rings. The zero-order valence-electron chi connectivity index (χ0n) is 12.8. The van der Waals surface area contributed by atoms with Gasteiger partial charge in [0.05, 0.1) is 6.04 Å². The molecule has 0 radical (unpaired) electrons. The summed E-state index contributed by atoms with van der Waals surface area (Å²) in [5, 5.41) is 6.73. The van der Waals surface area contributed by atoms with Crippen molar-refractivity contribution >= 4 is 17.8 Å². The molecule has 0 spiro atoms. The largest absolute Gasteiger partial charge is 0.334 e. The van der Waals surface area contributed by atoms with Gasteiger partial charge in [0.25, 0.3) is 0 Å². The van der Waals surface area contributed by atoms with Crippen molar-refractivity contribution in [2.24, 2.45) is 0 Å². The van der Waals surface area contributed by atoms with Gasteiger partial charge < -0.3 is 10.6 Å². The molecule has 0 saturated heterocycles. The van der Waals surface area contributed by atoms with Crippen LogP contribution in [0.5, 0.6) is 0 Å². The van der Waals surface area contributed by atoms with Crippen molar-refractivity contribution in [2.45, 2.75) is 56.9 Å². The maximum atomic E-state index is 12.2. The van der Waals surface area contributed by atoms with Gasteiger partial charge in [-0.3, -0.25) is 4.98 Å². The lowest BCUT2D eigenvalue weighted by molar-refractivity contribution is 0.230. The van der Waals surface area contributed by atoms with Crippen molar-refractivity contribution in [1.29, 1.82) is 0 Å². The fourth-order valence-electron chi connectivity index (χ4n) is 2.80. The van der Waals surface area contributed by atoms with Crippen LogP contribution in [0, 0.1) is 0 Å². The molecule has 3 atom stereocenters. The average Bonchev–Trinajstić information content (AvgIpc) is 2.50. The molecular formula is C16H25N3OS. The van der Waals surface area contributed by atoms with E-state index in [9.17, 15) is 4.79 Å². The van der Waals surface area contributed by atoms with Crippen LogP contribution in [0.1, 0.15) is 51.1 Å². The first-order valence-corrected chi connectivity index (χ1v) is 8.84. The number of urea groups is 1. The van der Waals surface area contributed by atoms with Gasteiger partial charge in [0, 0.05) is 23.7 Å². The SMILES string of the molecule is CCS[C@@H]1CCCC[C@H]1NC(=O)N[C@@H](C)c1cccnc1. The molecule has 1 aliphatic rings. The van der Waals surface area contributed by atoms with Gasteiger partial charge in [-0.2, -0.15) is 11.8 Å². The average molecular weight is 307 g/mol. The number of rotatable bonds is 5. The van der Waals surface area contributed by atoms with Gasteiger partial charge in [-0.1, -0.05) is 25.8 Å². The van der Waals surface area contributed by atoms with E-state index < -0.39 is 0 Å². The highest BCUT2D eigenvalue weighted by molar-refractivity contribution is 7.99. The first-order chi connectivity index (χ1) is 10.2. The number of amides is 2. The minimum atomic E-state index is -0.0695.